The van der Waals surface area contributed by atoms with Gasteiger partial charge < -0.3 is 4.74 Å². The maximum absolute atomic E-state index is 5.97. The van der Waals surface area contributed by atoms with Gasteiger partial charge in [0.05, 0.1) is 23.4 Å². The Bertz CT molecular complexity index is 453. The van der Waals surface area contributed by atoms with E-state index in [2.05, 4.69) is 18.0 Å². The highest BCUT2D eigenvalue weighted by Gasteiger charge is 2.08. The van der Waals surface area contributed by atoms with Crippen molar-refractivity contribution < 1.29 is 4.74 Å². The molecule has 0 atom stereocenters. The van der Waals surface area contributed by atoms with Crippen molar-refractivity contribution in [3.63, 3.8) is 0 Å². The third kappa shape index (κ3) is 3.41. The van der Waals surface area contributed by atoms with Crippen LogP contribution in [0.3, 0.4) is 0 Å². The van der Waals surface area contributed by atoms with Gasteiger partial charge >= 0.3 is 0 Å². The predicted molar refractivity (Wildman–Crippen MR) is 76.9 cm³/mol. The van der Waals surface area contributed by atoms with Crippen molar-refractivity contribution in [2.24, 2.45) is 5.84 Å². The number of hydrazine groups is 1. The SMILES string of the molecule is CCCCOCCN(N)c1nc2ccccc2s1. The van der Waals surface area contributed by atoms with Crippen LogP contribution >= 0.6 is 11.3 Å². The van der Waals surface area contributed by atoms with Gasteiger partial charge in [-0.2, -0.15) is 0 Å². The topological polar surface area (TPSA) is 51.4 Å². The summed E-state index contributed by atoms with van der Waals surface area (Å²) in [6.07, 6.45) is 2.26. The predicted octanol–water partition coefficient (Wildman–Crippen LogP) is 2.79. The highest BCUT2D eigenvalue weighted by atomic mass is 32.1. The minimum atomic E-state index is 0.645. The molecule has 0 fully saturated rings. The number of anilines is 1. The molecule has 0 saturated carbocycles. The van der Waals surface area contributed by atoms with Gasteiger partial charge in [0.15, 0.2) is 0 Å². The lowest BCUT2D eigenvalue weighted by Gasteiger charge is -2.14. The first-order valence-corrected chi connectivity index (χ1v) is 7.08. The van der Waals surface area contributed by atoms with Crippen LogP contribution in [-0.2, 0) is 4.74 Å². The Labute approximate surface area is 111 Å². The fraction of sp³-hybridized carbons (Fsp3) is 0.462. The van der Waals surface area contributed by atoms with Gasteiger partial charge in [-0.3, -0.25) is 5.01 Å². The molecule has 5 heteroatoms. The second-order valence-electron chi connectivity index (χ2n) is 4.12. The number of ether oxygens (including phenoxy) is 1. The van der Waals surface area contributed by atoms with Gasteiger partial charge in [-0.25, -0.2) is 10.8 Å². The number of rotatable bonds is 7. The monoisotopic (exact) mass is 265 g/mol. The van der Waals surface area contributed by atoms with Crippen molar-refractivity contribution in [1.82, 2.24) is 4.98 Å². The van der Waals surface area contributed by atoms with Gasteiger partial charge in [0.25, 0.3) is 0 Å². The number of aromatic nitrogens is 1. The van der Waals surface area contributed by atoms with Crippen LogP contribution in [0, 0.1) is 0 Å². The first-order valence-electron chi connectivity index (χ1n) is 6.27. The van der Waals surface area contributed by atoms with Gasteiger partial charge in [0, 0.05) is 6.61 Å². The number of thiazole rings is 1. The minimum absolute atomic E-state index is 0.645. The van der Waals surface area contributed by atoms with E-state index in [9.17, 15) is 0 Å². The molecular weight excluding hydrogens is 246 g/mol. The average molecular weight is 265 g/mol. The molecule has 0 aliphatic heterocycles. The second-order valence-corrected chi connectivity index (χ2v) is 5.13. The molecule has 0 bridgehead atoms. The molecule has 0 spiro atoms. The third-order valence-electron chi connectivity index (χ3n) is 2.65. The highest BCUT2D eigenvalue weighted by Crippen LogP contribution is 2.26. The molecule has 0 unspecified atom stereocenters. The summed E-state index contributed by atoms with van der Waals surface area (Å²) in [5.74, 6) is 5.97. The number of benzene rings is 1. The zero-order chi connectivity index (χ0) is 12.8. The van der Waals surface area contributed by atoms with Crippen LogP contribution in [0.25, 0.3) is 10.2 Å². The molecule has 0 amide bonds. The number of fused-ring (bicyclic) bond motifs is 1. The fourth-order valence-electron chi connectivity index (χ4n) is 1.59. The Balaban J connectivity index is 1.86. The number of unbranched alkanes of at least 4 members (excludes halogenated alkanes) is 1. The first kappa shape index (κ1) is 13.3. The molecular formula is C13H19N3OS. The lowest BCUT2D eigenvalue weighted by Crippen LogP contribution is -2.34. The van der Waals surface area contributed by atoms with Crippen molar-refractivity contribution in [3.8, 4) is 0 Å². The molecule has 0 aliphatic rings. The molecule has 98 valence electrons. The van der Waals surface area contributed by atoms with Crippen LogP contribution < -0.4 is 10.9 Å². The first-order chi connectivity index (χ1) is 8.81. The van der Waals surface area contributed by atoms with Crippen molar-refractivity contribution in [1.29, 1.82) is 0 Å². The zero-order valence-corrected chi connectivity index (χ0v) is 11.4. The van der Waals surface area contributed by atoms with Gasteiger partial charge in [0.1, 0.15) is 0 Å². The van der Waals surface area contributed by atoms with Gasteiger partial charge in [-0.1, -0.05) is 36.8 Å². The summed E-state index contributed by atoms with van der Waals surface area (Å²) in [6, 6.07) is 8.06. The maximum atomic E-state index is 5.97. The number of hydrogen-bond acceptors (Lipinski definition) is 5. The van der Waals surface area contributed by atoms with E-state index >= 15 is 0 Å². The van der Waals surface area contributed by atoms with Crippen molar-refractivity contribution in [2.45, 2.75) is 19.8 Å². The third-order valence-corrected chi connectivity index (χ3v) is 3.72. The number of nitrogens with zero attached hydrogens (tertiary/aromatic N) is 2. The van der Waals surface area contributed by atoms with E-state index in [4.69, 9.17) is 10.6 Å². The van der Waals surface area contributed by atoms with Crippen LogP contribution in [0.1, 0.15) is 19.8 Å². The lowest BCUT2D eigenvalue weighted by atomic mass is 10.3. The van der Waals surface area contributed by atoms with E-state index < -0.39 is 0 Å². The summed E-state index contributed by atoms with van der Waals surface area (Å²) in [4.78, 5) is 4.49. The zero-order valence-electron chi connectivity index (χ0n) is 10.6. The summed E-state index contributed by atoms with van der Waals surface area (Å²) in [6.45, 7) is 4.28. The van der Waals surface area contributed by atoms with E-state index in [1.54, 1.807) is 16.3 Å². The minimum Gasteiger partial charge on any atom is -0.380 e. The molecule has 1 aromatic heterocycles. The smallest absolute Gasteiger partial charge is 0.200 e. The largest absolute Gasteiger partial charge is 0.380 e. The second kappa shape index (κ2) is 6.68. The Morgan fingerprint density at radius 2 is 2.17 bits per heavy atom. The molecule has 1 aromatic carbocycles. The standard InChI is InChI=1S/C13H19N3OS/c1-2-3-9-17-10-8-16(14)13-15-11-6-4-5-7-12(11)18-13/h4-7H,2-3,8-10,14H2,1H3. The summed E-state index contributed by atoms with van der Waals surface area (Å²) in [7, 11) is 0. The maximum Gasteiger partial charge on any atom is 0.200 e. The van der Waals surface area contributed by atoms with Crippen LogP contribution in [0.4, 0.5) is 5.13 Å². The quantitative estimate of drug-likeness (QED) is 0.475. The fourth-order valence-corrected chi connectivity index (χ4v) is 2.50. The summed E-state index contributed by atoms with van der Waals surface area (Å²) < 4.78 is 6.66. The molecule has 0 aliphatic carbocycles. The van der Waals surface area contributed by atoms with Gasteiger partial charge in [-0.15, -0.1) is 0 Å². The molecule has 1 heterocycles. The van der Waals surface area contributed by atoms with E-state index in [1.165, 1.54) is 0 Å². The number of hydrogen-bond donors (Lipinski definition) is 1. The molecule has 2 N–H and O–H groups in total. The van der Waals surface area contributed by atoms with E-state index in [0.29, 0.717) is 13.2 Å². The molecule has 18 heavy (non-hydrogen) atoms. The van der Waals surface area contributed by atoms with Crippen LogP contribution in [0.2, 0.25) is 0 Å². The molecule has 0 saturated heterocycles. The normalized spacial score (nSPS) is 11.0. The average Bonchev–Trinajstić information content (AvgIpc) is 2.82. The van der Waals surface area contributed by atoms with Gasteiger partial charge in [0.2, 0.25) is 5.13 Å². The summed E-state index contributed by atoms with van der Waals surface area (Å²) in [5, 5.41) is 2.51. The molecule has 4 nitrogen and oxygen atoms in total. The Morgan fingerprint density at radius 1 is 1.33 bits per heavy atom. The van der Waals surface area contributed by atoms with Crippen LogP contribution in [0.5, 0.6) is 0 Å². The van der Waals surface area contributed by atoms with Crippen molar-refractivity contribution >= 4 is 26.7 Å². The van der Waals surface area contributed by atoms with E-state index in [0.717, 1.165) is 34.8 Å². The van der Waals surface area contributed by atoms with Gasteiger partial charge in [-0.05, 0) is 18.6 Å². The van der Waals surface area contributed by atoms with E-state index in [1.807, 2.05) is 18.2 Å². The van der Waals surface area contributed by atoms with E-state index in [-0.39, 0.29) is 0 Å². The Morgan fingerprint density at radius 3 is 2.94 bits per heavy atom. The summed E-state index contributed by atoms with van der Waals surface area (Å²) in [5.41, 5.74) is 1.000. The van der Waals surface area contributed by atoms with Crippen LogP contribution in [-0.4, -0.2) is 24.7 Å². The Hall–Kier alpha value is -1.17. The van der Waals surface area contributed by atoms with Crippen molar-refractivity contribution in [2.75, 3.05) is 24.8 Å². The molecule has 0 radical (unpaired) electrons. The molecule has 2 rings (SSSR count). The highest BCUT2D eigenvalue weighted by molar-refractivity contribution is 7.22. The van der Waals surface area contributed by atoms with Crippen molar-refractivity contribution in [3.05, 3.63) is 24.3 Å². The Kier molecular flexibility index (Phi) is 4.92. The summed E-state index contributed by atoms with van der Waals surface area (Å²) >= 11 is 1.61. The van der Waals surface area contributed by atoms with Crippen LogP contribution in [0.15, 0.2) is 24.3 Å². The lowest BCUT2D eigenvalue weighted by molar-refractivity contribution is 0.137. The number of para-hydroxylation sites is 1. The number of nitrogens with two attached hydrogens (primary N) is 1. The molecule has 2 aromatic rings.